The molecule has 1 fully saturated rings. The highest BCUT2D eigenvalue weighted by Crippen LogP contribution is 2.28. The molecule has 0 saturated carbocycles. The maximum absolute atomic E-state index is 12.1. The van der Waals surface area contributed by atoms with Crippen molar-refractivity contribution < 1.29 is 9.53 Å². The zero-order valence-corrected chi connectivity index (χ0v) is 15.9. The molecule has 138 valence electrons. The number of aryl methyl sites for hydroxylation is 1. The molecular weight excluding hydrogens is 312 g/mol. The van der Waals surface area contributed by atoms with Gasteiger partial charge in [0, 0.05) is 25.3 Å². The first kappa shape index (κ1) is 18.1. The van der Waals surface area contributed by atoms with Crippen LogP contribution in [-0.4, -0.2) is 36.2 Å². The van der Waals surface area contributed by atoms with Gasteiger partial charge in [-0.3, -0.25) is 0 Å². The first-order valence-corrected chi connectivity index (χ1v) is 9.75. The number of amides is 1. The monoisotopic (exact) mass is 344 g/mol. The molecule has 1 heterocycles. The lowest BCUT2D eigenvalue weighted by Gasteiger charge is -2.33. The van der Waals surface area contributed by atoms with E-state index in [0.717, 1.165) is 32.5 Å². The number of ether oxygens (including phenoxy) is 1. The van der Waals surface area contributed by atoms with Gasteiger partial charge in [-0.25, -0.2) is 4.79 Å². The molecule has 0 bridgehead atoms. The number of hydrogen-bond acceptors (Lipinski definition) is 3. The number of benzene rings is 1. The summed E-state index contributed by atoms with van der Waals surface area (Å²) in [4.78, 5) is 14.0. The quantitative estimate of drug-likeness (QED) is 0.869. The Labute approximate surface area is 151 Å². The van der Waals surface area contributed by atoms with Crippen LogP contribution in [0.5, 0.6) is 0 Å². The highest BCUT2D eigenvalue weighted by molar-refractivity contribution is 5.68. The summed E-state index contributed by atoms with van der Waals surface area (Å²) < 4.78 is 5.48. The van der Waals surface area contributed by atoms with Crippen molar-refractivity contribution >= 4 is 11.8 Å². The number of nitrogens with zero attached hydrogens (tertiary/aromatic N) is 1. The third-order valence-corrected chi connectivity index (χ3v) is 5.24. The molecule has 0 unspecified atom stereocenters. The van der Waals surface area contributed by atoms with Crippen LogP contribution in [-0.2, 0) is 17.6 Å². The molecule has 1 aliphatic heterocycles. The van der Waals surface area contributed by atoms with E-state index in [2.05, 4.69) is 23.5 Å². The molecule has 4 nitrogen and oxygen atoms in total. The minimum atomic E-state index is -0.415. The van der Waals surface area contributed by atoms with E-state index in [4.69, 9.17) is 4.74 Å². The predicted molar refractivity (Wildman–Crippen MR) is 102 cm³/mol. The highest BCUT2D eigenvalue weighted by atomic mass is 16.6. The van der Waals surface area contributed by atoms with Crippen molar-refractivity contribution in [2.24, 2.45) is 5.92 Å². The Bertz CT molecular complexity index is 598. The van der Waals surface area contributed by atoms with E-state index in [1.165, 1.54) is 42.5 Å². The molecule has 1 saturated heterocycles. The first-order chi connectivity index (χ1) is 11.9. The summed E-state index contributed by atoms with van der Waals surface area (Å²) in [6.07, 6.45) is 6.97. The van der Waals surface area contributed by atoms with Gasteiger partial charge in [0.1, 0.15) is 5.60 Å². The van der Waals surface area contributed by atoms with Crippen LogP contribution in [0.4, 0.5) is 10.5 Å². The molecule has 1 aliphatic carbocycles. The van der Waals surface area contributed by atoms with Crippen LogP contribution >= 0.6 is 0 Å². The number of nitrogens with one attached hydrogen (secondary N) is 1. The van der Waals surface area contributed by atoms with Gasteiger partial charge >= 0.3 is 6.09 Å². The van der Waals surface area contributed by atoms with Crippen molar-refractivity contribution in [1.82, 2.24) is 4.90 Å². The fraction of sp³-hybridized carbons (Fsp3) is 0.667. The summed E-state index contributed by atoms with van der Waals surface area (Å²) in [6, 6.07) is 6.68. The summed E-state index contributed by atoms with van der Waals surface area (Å²) >= 11 is 0. The number of fused-ring (bicyclic) bond motifs is 1. The van der Waals surface area contributed by atoms with Crippen LogP contribution in [0.1, 0.15) is 57.6 Å². The number of piperidine rings is 1. The Balaban J connectivity index is 1.48. The summed E-state index contributed by atoms with van der Waals surface area (Å²) in [5.41, 5.74) is 3.96. The third kappa shape index (κ3) is 4.90. The molecule has 2 aliphatic rings. The molecule has 1 N–H and O–H groups in total. The first-order valence-electron chi connectivity index (χ1n) is 9.75. The summed E-state index contributed by atoms with van der Waals surface area (Å²) in [7, 11) is 0. The Morgan fingerprint density at radius 1 is 1.20 bits per heavy atom. The molecule has 1 aromatic carbocycles. The van der Waals surface area contributed by atoms with Crippen LogP contribution < -0.4 is 5.32 Å². The van der Waals surface area contributed by atoms with E-state index in [1.807, 2.05) is 25.7 Å². The molecule has 3 rings (SSSR count). The van der Waals surface area contributed by atoms with Crippen molar-refractivity contribution in [3.8, 4) is 0 Å². The van der Waals surface area contributed by atoms with Gasteiger partial charge in [0.25, 0.3) is 0 Å². The van der Waals surface area contributed by atoms with Crippen molar-refractivity contribution in [3.05, 3.63) is 29.3 Å². The minimum absolute atomic E-state index is 0.170. The lowest BCUT2D eigenvalue weighted by Crippen LogP contribution is -2.42. The maximum Gasteiger partial charge on any atom is 0.410 e. The number of likely N-dealkylation sites (tertiary alicyclic amines) is 1. The lowest BCUT2D eigenvalue weighted by molar-refractivity contribution is 0.0188. The van der Waals surface area contributed by atoms with E-state index in [-0.39, 0.29) is 6.09 Å². The van der Waals surface area contributed by atoms with Crippen molar-refractivity contribution in [1.29, 1.82) is 0 Å². The largest absolute Gasteiger partial charge is 0.444 e. The standard InChI is InChI=1S/C21H32N2O2/c1-21(2,3)25-20(24)23-13-11-16(12-14-23)15-22-19-10-6-8-17-7-4-5-9-18(17)19/h6,8,10,16,22H,4-5,7,9,11-15H2,1-3H3. The molecule has 0 atom stereocenters. The molecule has 0 aromatic heterocycles. The fourth-order valence-electron chi connectivity index (χ4n) is 3.85. The van der Waals surface area contributed by atoms with Crippen LogP contribution in [0.25, 0.3) is 0 Å². The second-order valence-electron chi connectivity index (χ2n) is 8.44. The van der Waals surface area contributed by atoms with Gasteiger partial charge in [-0.1, -0.05) is 12.1 Å². The number of anilines is 1. The summed E-state index contributed by atoms with van der Waals surface area (Å²) in [5.74, 6) is 0.623. The fourth-order valence-corrected chi connectivity index (χ4v) is 3.85. The molecule has 0 radical (unpaired) electrons. The maximum atomic E-state index is 12.1. The van der Waals surface area contributed by atoms with Gasteiger partial charge in [-0.15, -0.1) is 0 Å². The summed E-state index contributed by atoms with van der Waals surface area (Å²) in [5, 5.41) is 3.69. The van der Waals surface area contributed by atoms with Gasteiger partial charge in [-0.2, -0.15) is 0 Å². The van der Waals surface area contributed by atoms with Gasteiger partial charge in [0.15, 0.2) is 0 Å². The van der Waals surface area contributed by atoms with E-state index < -0.39 is 5.60 Å². The average Bonchev–Trinajstić information content (AvgIpc) is 2.59. The zero-order valence-electron chi connectivity index (χ0n) is 15.9. The van der Waals surface area contributed by atoms with Gasteiger partial charge < -0.3 is 15.0 Å². The number of rotatable bonds is 3. The number of hydrogen-bond donors (Lipinski definition) is 1. The van der Waals surface area contributed by atoms with E-state index in [9.17, 15) is 4.79 Å². The Kier molecular flexibility index (Phi) is 5.55. The summed E-state index contributed by atoms with van der Waals surface area (Å²) in [6.45, 7) is 8.35. The SMILES string of the molecule is CC(C)(C)OC(=O)N1CCC(CNc2cccc3c2CCCC3)CC1. The van der Waals surface area contributed by atoms with Gasteiger partial charge in [0.05, 0.1) is 0 Å². The van der Waals surface area contributed by atoms with E-state index in [0.29, 0.717) is 5.92 Å². The van der Waals surface area contributed by atoms with Crippen LogP contribution in [0, 0.1) is 5.92 Å². The van der Waals surface area contributed by atoms with E-state index >= 15 is 0 Å². The molecule has 1 aromatic rings. The number of carbonyl (C=O) groups excluding carboxylic acids is 1. The topological polar surface area (TPSA) is 41.6 Å². The van der Waals surface area contributed by atoms with Crippen LogP contribution in [0.2, 0.25) is 0 Å². The average molecular weight is 344 g/mol. The van der Waals surface area contributed by atoms with Gasteiger partial charge in [-0.05, 0) is 82.4 Å². The van der Waals surface area contributed by atoms with Crippen LogP contribution in [0.15, 0.2) is 18.2 Å². The minimum Gasteiger partial charge on any atom is -0.444 e. The lowest BCUT2D eigenvalue weighted by atomic mass is 9.90. The third-order valence-electron chi connectivity index (χ3n) is 5.24. The normalized spacial score (nSPS) is 18.6. The Hall–Kier alpha value is -1.71. The second kappa shape index (κ2) is 7.67. The van der Waals surface area contributed by atoms with E-state index in [1.54, 1.807) is 0 Å². The molecule has 0 spiro atoms. The zero-order chi connectivity index (χ0) is 17.9. The van der Waals surface area contributed by atoms with Crippen molar-refractivity contribution in [2.45, 2.75) is 64.9 Å². The molecule has 4 heteroatoms. The predicted octanol–water partition coefficient (Wildman–Crippen LogP) is 4.62. The van der Waals surface area contributed by atoms with Crippen molar-refractivity contribution in [3.63, 3.8) is 0 Å². The smallest absolute Gasteiger partial charge is 0.410 e. The Morgan fingerprint density at radius 3 is 2.64 bits per heavy atom. The van der Waals surface area contributed by atoms with Crippen molar-refractivity contribution in [2.75, 3.05) is 25.0 Å². The molecular formula is C21H32N2O2. The second-order valence-corrected chi connectivity index (χ2v) is 8.44. The molecule has 25 heavy (non-hydrogen) atoms. The highest BCUT2D eigenvalue weighted by Gasteiger charge is 2.26. The van der Waals surface area contributed by atoms with Crippen LogP contribution in [0.3, 0.4) is 0 Å². The molecule has 1 amide bonds. The van der Waals surface area contributed by atoms with Gasteiger partial charge in [0.2, 0.25) is 0 Å². The number of carbonyl (C=O) groups is 1. The Morgan fingerprint density at radius 2 is 1.92 bits per heavy atom.